The molecule has 0 saturated carbocycles. The van der Waals surface area contributed by atoms with Crippen molar-refractivity contribution in [1.29, 1.82) is 0 Å². The highest BCUT2D eigenvalue weighted by atomic mass is 32.2. The lowest BCUT2D eigenvalue weighted by molar-refractivity contribution is -0.136. The van der Waals surface area contributed by atoms with Gasteiger partial charge in [-0.05, 0) is 50.5 Å². The third-order valence-electron chi connectivity index (χ3n) is 4.91. The normalized spacial score (nSPS) is 12.2. The summed E-state index contributed by atoms with van der Waals surface area (Å²) in [5, 5.41) is 3.42. The van der Waals surface area contributed by atoms with Crippen molar-refractivity contribution in [2.75, 3.05) is 5.75 Å². The third kappa shape index (κ3) is 8.17. The van der Waals surface area contributed by atoms with E-state index in [1.165, 1.54) is 23.9 Å². The van der Waals surface area contributed by atoms with Gasteiger partial charge in [0.15, 0.2) is 0 Å². The Bertz CT molecular complexity index is 1220. The summed E-state index contributed by atoms with van der Waals surface area (Å²) >= 11 is 1.49. The Labute approximate surface area is 209 Å². The Kier molecular flexibility index (Phi) is 8.98. The average Bonchev–Trinajstić information content (AvgIpc) is 2.77. The second kappa shape index (κ2) is 11.9. The van der Waals surface area contributed by atoms with Crippen LogP contribution in [0.15, 0.2) is 63.8 Å². The zero-order chi connectivity index (χ0) is 25.4. The maximum absolute atomic E-state index is 13.0. The number of benzene rings is 2. The molecule has 0 spiro atoms. The van der Waals surface area contributed by atoms with Crippen molar-refractivity contribution in [3.8, 4) is 5.75 Å². The molecule has 0 aliphatic rings. The number of alkyl carbamates (subject to hydrolysis) is 1. The minimum atomic E-state index is -0.937. The molecule has 0 aliphatic heterocycles. The topological polar surface area (TPSA) is 94.8 Å². The number of nitrogens with one attached hydrogen (secondary N) is 1. The molecule has 0 aliphatic carbocycles. The maximum Gasteiger partial charge on any atom is 0.408 e. The summed E-state index contributed by atoms with van der Waals surface area (Å²) in [6.45, 7) is 7.28. The van der Waals surface area contributed by atoms with Crippen LogP contribution in [0.4, 0.5) is 4.79 Å². The van der Waals surface area contributed by atoms with E-state index in [4.69, 9.17) is 13.9 Å². The predicted octanol–water partition coefficient (Wildman–Crippen LogP) is 5.48. The van der Waals surface area contributed by atoms with Gasteiger partial charge in [0.25, 0.3) is 0 Å². The van der Waals surface area contributed by atoms with Crippen LogP contribution < -0.4 is 15.7 Å². The lowest BCUT2D eigenvalue weighted by atomic mass is 10.1. The number of hydrogen-bond acceptors (Lipinski definition) is 7. The SMILES string of the molecule is CCCc1cc(=O)oc2cc(OC(=O)[C@@H](CSCc3ccccc3)NC(=O)OC(C)(C)C)ccc12. The summed E-state index contributed by atoms with van der Waals surface area (Å²) in [6.07, 6.45) is 0.920. The predicted molar refractivity (Wildman–Crippen MR) is 138 cm³/mol. The smallest absolute Gasteiger partial charge is 0.408 e. The van der Waals surface area contributed by atoms with Gasteiger partial charge >= 0.3 is 17.7 Å². The summed E-state index contributed by atoms with van der Waals surface area (Å²) in [6, 6.07) is 15.3. The minimum Gasteiger partial charge on any atom is -0.444 e. The van der Waals surface area contributed by atoms with Gasteiger partial charge in [0, 0.05) is 29.0 Å². The summed E-state index contributed by atoms with van der Waals surface area (Å²) < 4.78 is 16.2. The quantitative estimate of drug-likeness (QED) is 0.238. The first-order valence-corrected chi connectivity index (χ1v) is 12.7. The molecular weight excluding hydrogens is 466 g/mol. The molecule has 0 fully saturated rings. The standard InChI is InChI=1S/C27H31NO6S/c1-5-9-19-14-24(29)33-23-15-20(12-13-21(19)23)32-25(30)22(28-26(31)34-27(2,3)4)17-35-16-18-10-7-6-8-11-18/h6-8,10-15,22H,5,9,16-17H2,1-4H3,(H,28,31)/t22-/m1/s1. The second-order valence-electron chi connectivity index (χ2n) is 9.12. The molecule has 0 bridgehead atoms. The molecule has 186 valence electrons. The molecule has 0 radical (unpaired) electrons. The summed E-state index contributed by atoms with van der Waals surface area (Å²) in [5.41, 5.74) is 1.18. The molecule has 1 aromatic heterocycles. The van der Waals surface area contributed by atoms with Crippen LogP contribution in [0.2, 0.25) is 0 Å². The van der Waals surface area contributed by atoms with Crippen molar-refractivity contribution < 1.29 is 23.5 Å². The first-order valence-electron chi connectivity index (χ1n) is 11.5. The van der Waals surface area contributed by atoms with E-state index < -0.39 is 29.3 Å². The van der Waals surface area contributed by atoms with Crippen LogP contribution in [0.5, 0.6) is 5.75 Å². The molecule has 1 atom stereocenters. The van der Waals surface area contributed by atoms with Crippen molar-refractivity contribution in [2.45, 2.75) is 57.9 Å². The van der Waals surface area contributed by atoms with Crippen LogP contribution in [0.3, 0.4) is 0 Å². The molecule has 0 unspecified atom stereocenters. The molecule has 1 amide bonds. The van der Waals surface area contributed by atoms with Crippen LogP contribution in [-0.2, 0) is 21.7 Å². The van der Waals surface area contributed by atoms with Crippen molar-refractivity contribution in [3.05, 3.63) is 76.1 Å². The summed E-state index contributed by atoms with van der Waals surface area (Å²) in [4.78, 5) is 37.4. The highest BCUT2D eigenvalue weighted by Gasteiger charge is 2.26. The Hall–Kier alpha value is -3.26. The van der Waals surface area contributed by atoms with Gasteiger partial charge in [0.2, 0.25) is 0 Å². The van der Waals surface area contributed by atoms with Crippen molar-refractivity contribution in [2.24, 2.45) is 0 Å². The van der Waals surface area contributed by atoms with E-state index in [2.05, 4.69) is 5.32 Å². The molecular formula is C27H31NO6S. The highest BCUT2D eigenvalue weighted by molar-refractivity contribution is 7.98. The van der Waals surface area contributed by atoms with E-state index in [0.717, 1.165) is 29.4 Å². The molecule has 7 nitrogen and oxygen atoms in total. The lowest BCUT2D eigenvalue weighted by Crippen LogP contribution is -2.46. The zero-order valence-electron chi connectivity index (χ0n) is 20.5. The Morgan fingerprint density at radius 2 is 1.83 bits per heavy atom. The Morgan fingerprint density at radius 1 is 1.09 bits per heavy atom. The van der Waals surface area contributed by atoms with E-state index in [1.807, 2.05) is 37.3 Å². The van der Waals surface area contributed by atoms with Gasteiger partial charge < -0.3 is 19.2 Å². The van der Waals surface area contributed by atoms with Crippen LogP contribution in [0, 0.1) is 0 Å². The number of rotatable bonds is 9. The van der Waals surface area contributed by atoms with Gasteiger partial charge in [-0.2, -0.15) is 11.8 Å². The first kappa shape index (κ1) is 26.3. The molecule has 35 heavy (non-hydrogen) atoms. The second-order valence-corrected chi connectivity index (χ2v) is 10.1. The van der Waals surface area contributed by atoms with E-state index in [-0.39, 0.29) is 11.5 Å². The number of aryl methyl sites for hydroxylation is 1. The number of carbonyl (C=O) groups is 2. The summed E-state index contributed by atoms with van der Waals surface area (Å²) in [5.74, 6) is 0.546. The fraction of sp³-hybridized carbons (Fsp3) is 0.370. The van der Waals surface area contributed by atoms with Crippen molar-refractivity contribution in [1.82, 2.24) is 5.32 Å². The molecule has 3 rings (SSSR count). The molecule has 0 saturated heterocycles. The fourth-order valence-corrected chi connectivity index (χ4v) is 4.43. The maximum atomic E-state index is 13.0. The lowest BCUT2D eigenvalue weighted by Gasteiger charge is -2.23. The van der Waals surface area contributed by atoms with Crippen LogP contribution in [-0.4, -0.2) is 29.5 Å². The number of amides is 1. The van der Waals surface area contributed by atoms with Crippen LogP contribution in [0.25, 0.3) is 11.0 Å². The van der Waals surface area contributed by atoms with Gasteiger partial charge in [0.05, 0.1) is 0 Å². The number of fused-ring (bicyclic) bond motifs is 1. The van der Waals surface area contributed by atoms with E-state index in [0.29, 0.717) is 11.3 Å². The Morgan fingerprint density at radius 3 is 2.51 bits per heavy atom. The third-order valence-corrected chi connectivity index (χ3v) is 6.02. The molecule has 8 heteroatoms. The van der Waals surface area contributed by atoms with Crippen molar-refractivity contribution >= 4 is 34.8 Å². The minimum absolute atomic E-state index is 0.225. The van der Waals surface area contributed by atoms with Gasteiger partial charge in [-0.25, -0.2) is 14.4 Å². The Balaban J connectivity index is 1.75. The number of hydrogen-bond donors (Lipinski definition) is 1. The van der Waals surface area contributed by atoms with E-state index in [9.17, 15) is 14.4 Å². The first-order chi connectivity index (χ1) is 16.6. The summed E-state index contributed by atoms with van der Waals surface area (Å²) in [7, 11) is 0. The largest absolute Gasteiger partial charge is 0.444 e. The molecule has 2 aromatic carbocycles. The van der Waals surface area contributed by atoms with Gasteiger partial charge in [0.1, 0.15) is 23.0 Å². The van der Waals surface area contributed by atoms with Crippen molar-refractivity contribution in [3.63, 3.8) is 0 Å². The molecule has 1 N–H and O–H groups in total. The van der Waals surface area contributed by atoms with Gasteiger partial charge in [-0.3, -0.25) is 0 Å². The number of esters is 1. The van der Waals surface area contributed by atoms with Crippen LogP contribution >= 0.6 is 11.8 Å². The molecule has 1 heterocycles. The number of ether oxygens (including phenoxy) is 2. The van der Waals surface area contributed by atoms with Gasteiger partial charge in [-0.15, -0.1) is 0 Å². The number of thioether (sulfide) groups is 1. The number of carbonyl (C=O) groups excluding carboxylic acids is 2. The monoisotopic (exact) mass is 497 g/mol. The highest BCUT2D eigenvalue weighted by Crippen LogP contribution is 2.24. The zero-order valence-corrected chi connectivity index (χ0v) is 21.3. The van der Waals surface area contributed by atoms with Gasteiger partial charge in [-0.1, -0.05) is 43.7 Å². The van der Waals surface area contributed by atoms with E-state index >= 15 is 0 Å². The average molecular weight is 498 g/mol. The fourth-order valence-electron chi connectivity index (χ4n) is 3.42. The molecule has 3 aromatic rings. The van der Waals surface area contributed by atoms with E-state index in [1.54, 1.807) is 32.9 Å². The van der Waals surface area contributed by atoms with Crippen LogP contribution in [0.1, 0.15) is 45.2 Å².